The average Bonchev–Trinajstić information content (AvgIpc) is 3.46. The molecule has 1 fully saturated rings. The highest BCUT2D eigenvalue weighted by molar-refractivity contribution is 9.10. The molecule has 0 aliphatic heterocycles. The second kappa shape index (κ2) is 9.48. The second-order valence-corrected chi connectivity index (χ2v) is 10.8. The van der Waals surface area contributed by atoms with Crippen LogP contribution in [0, 0.1) is 0 Å². The zero-order chi connectivity index (χ0) is 23.9. The average molecular weight is 560 g/mol. The topological polar surface area (TPSA) is 56.7 Å². The Morgan fingerprint density at radius 3 is 2.44 bits per heavy atom. The van der Waals surface area contributed by atoms with E-state index in [-0.39, 0.29) is 5.41 Å². The monoisotopic (exact) mass is 558 g/mol. The van der Waals surface area contributed by atoms with E-state index < -0.39 is 0 Å². The van der Waals surface area contributed by atoms with E-state index in [0.29, 0.717) is 27.5 Å². The van der Waals surface area contributed by atoms with Gasteiger partial charge in [-0.05, 0) is 49.6 Å². The first-order valence-electron chi connectivity index (χ1n) is 11.6. The van der Waals surface area contributed by atoms with Crippen LogP contribution < -0.4 is 0 Å². The summed E-state index contributed by atoms with van der Waals surface area (Å²) < 4.78 is 9.17. The van der Waals surface area contributed by atoms with Gasteiger partial charge in [0.05, 0.1) is 16.4 Å². The summed E-state index contributed by atoms with van der Waals surface area (Å²) in [6.45, 7) is 4.33. The minimum Gasteiger partial charge on any atom is -0.419 e. The highest BCUT2D eigenvalue weighted by atomic mass is 79.9. The van der Waals surface area contributed by atoms with E-state index in [1.807, 2.05) is 28.9 Å². The van der Waals surface area contributed by atoms with Crippen LogP contribution in [0.1, 0.15) is 57.4 Å². The molecule has 4 aromatic rings. The normalized spacial score (nSPS) is 15.6. The number of benzene rings is 2. The molecule has 176 valence electrons. The van der Waals surface area contributed by atoms with Crippen LogP contribution in [-0.2, 0) is 11.8 Å². The molecule has 2 heterocycles. The van der Waals surface area contributed by atoms with Gasteiger partial charge in [0.15, 0.2) is 5.69 Å². The fraction of sp³-hybridized carbons (Fsp3) is 0.346. The largest absolute Gasteiger partial charge is 0.419 e. The van der Waals surface area contributed by atoms with Gasteiger partial charge in [-0.1, -0.05) is 84.4 Å². The summed E-state index contributed by atoms with van der Waals surface area (Å²) in [4.78, 5) is 0. The maximum absolute atomic E-state index is 6.62. The predicted molar refractivity (Wildman–Crippen MR) is 140 cm³/mol. The summed E-state index contributed by atoms with van der Waals surface area (Å²) in [7, 11) is 0. The molecule has 1 aliphatic carbocycles. The molecule has 0 amide bonds. The SMILES string of the molecule is CCc1c(-c2nnc(C3(C)CCCCC3)o2)nn(-c2ccc(Cl)cc2Cl)c1-c1ccc(Br)cc1. The lowest BCUT2D eigenvalue weighted by Gasteiger charge is -2.29. The molecule has 0 saturated heterocycles. The first-order valence-corrected chi connectivity index (χ1v) is 13.1. The van der Waals surface area contributed by atoms with Gasteiger partial charge in [-0.3, -0.25) is 0 Å². The third-order valence-corrected chi connectivity index (χ3v) is 7.76. The van der Waals surface area contributed by atoms with E-state index >= 15 is 0 Å². The van der Waals surface area contributed by atoms with Crippen LogP contribution in [0.15, 0.2) is 51.4 Å². The lowest BCUT2D eigenvalue weighted by molar-refractivity contribution is 0.259. The van der Waals surface area contributed by atoms with Gasteiger partial charge in [-0.25, -0.2) is 4.68 Å². The van der Waals surface area contributed by atoms with E-state index in [1.165, 1.54) is 19.3 Å². The van der Waals surface area contributed by atoms with Crippen LogP contribution in [0.5, 0.6) is 0 Å². The molecule has 0 N–H and O–H groups in total. The lowest BCUT2D eigenvalue weighted by Crippen LogP contribution is -2.25. The number of hydrogen-bond donors (Lipinski definition) is 0. The van der Waals surface area contributed by atoms with Gasteiger partial charge >= 0.3 is 0 Å². The van der Waals surface area contributed by atoms with Crippen LogP contribution in [0.4, 0.5) is 0 Å². The standard InChI is InChI=1S/C26H25BrCl2N4O/c1-3-19-22(24-30-31-25(34-24)26(2)13-5-4-6-14-26)32-33(21-12-11-18(28)15-20(21)29)23(19)16-7-9-17(27)10-8-16/h7-12,15H,3-6,13-14H2,1-2H3. The van der Waals surface area contributed by atoms with Gasteiger partial charge in [-0.15, -0.1) is 10.2 Å². The van der Waals surface area contributed by atoms with E-state index in [1.54, 1.807) is 6.07 Å². The Bertz CT molecular complexity index is 1320. The van der Waals surface area contributed by atoms with E-state index in [2.05, 4.69) is 52.1 Å². The number of nitrogens with zero attached hydrogens (tertiary/aromatic N) is 4. The van der Waals surface area contributed by atoms with Crippen molar-refractivity contribution in [3.05, 3.63) is 68.4 Å². The fourth-order valence-corrected chi connectivity index (χ4v) is 5.55. The van der Waals surface area contributed by atoms with Crippen LogP contribution >= 0.6 is 39.1 Å². The predicted octanol–water partition coefficient (Wildman–Crippen LogP) is 8.44. The number of halogens is 3. The Labute approximate surface area is 217 Å². The van der Waals surface area contributed by atoms with E-state index in [9.17, 15) is 0 Å². The summed E-state index contributed by atoms with van der Waals surface area (Å²) in [6, 6.07) is 13.6. The molecule has 0 spiro atoms. The van der Waals surface area contributed by atoms with Crippen molar-refractivity contribution in [2.45, 2.75) is 57.8 Å². The van der Waals surface area contributed by atoms with Gasteiger partial charge in [0.1, 0.15) is 0 Å². The zero-order valence-electron chi connectivity index (χ0n) is 19.1. The molecule has 1 saturated carbocycles. The molecule has 2 aromatic heterocycles. The molecule has 1 aliphatic rings. The molecule has 2 aromatic carbocycles. The molecular weight excluding hydrogens is 535 g/mol. The lowest BCUT2D eigenvalue weighted by atomic mass is 9.76. The molecule has 0 radical (unpaired) electrons. The summed E-state index contributed by atoms with van der Waals surface area (Å²) in [5, 5.41) is 15.0. The van der Waals surface area contributed by atoms with Crippen LogP contribution in [0.3, 0.4) is 0 Å². The van der Waals surface area contributed by atoms with Crippen molar-refractivity contribution in [2.24, 2.45) is 0 Å². The molecule has 5 rings (SSSR count). The van der Waals surface area contributed by atoms with Crippen molar-refractivity contribution in [1.82, 2.24) is 20.0 Å². The number of aromatic nitrogens is 4. The Hall–Kier alpha value is -2.15. The Morgan fingerprint density at radius 2 is 1.76 bits per heavy atom. The van der Waals surface area contributed by atoms with Gasteiger partial charge in [0.25, 0.3) is 5.89 Å². The number of rotatable bonds is 5. The van der Waals surface area contributed by atoms with Crippen molar-refractivity contribution >= 4 is 39.1 Å². The minimum atomic E-state index is -0.0769. The quantitative estimate of drug-likeness (QED) is 0.246. The third-order valence-electron chi connectivity index (χ3n) is 6.69. The molecule has 0 bridgehead atoms. The molecule has 0 atom stereocenters. The first-order chi connectivity index (χ1) is 16.4. The Balaban J connectivity index is 1.69. The van der Waals surface area contributed by atoms with Crippen molar-refractivity contribution in [1.29, 1.82) is 0 Å². The van der Waals surface area contributed by atoms with E-state index in [4.69, 9.17) is 32.7 Å². The van der Waals surface area contributed by atoms with Crippen LogP contribution in [-0.4, -0.2) is 20.0 Å². The second-order valence-electron chi connectivity index (χ2n) is 9.08. The van der Waals surface area contributed by atoms with Gasteiger partial charge < -0.3 is 4.42 Å². The van der Waals surface area contributed by atoms with Crippen molar-refractivity contribution in [3.8, 4) is 28.5 Å². The van der Waals surface area contributed by atoms with Gasteiger partial charge in [-0.2, -0.15) is 5.10 Å². The maximum Gasteiger partial charge on any atom is 0.268 e. The highest BCUT2D eigenvalue weighted by Crippen LogP contribution is 2.41. The highest BCUT2D eigenvalue weighted by Gasteiger charge is 2.35. The summed E-state index contributed by atoms with van der Waals surface area (Å²) in [6.07, 6.45) is 6.50. The fourth-order valence-electron chi connectivity index (χ4n) is 4.80. The molecule has 0 unspecified atom stereocenters. The van der Waals surface area contributed by atoms with Gasteiger partial charge in [0, 0.05) is 26.0 Å². The third kappa shape index (κ3) is 4.32. The van der Waals surface area contributed by atoms with Crippen molar-refractivity contribution < 1.29 is 4.42 Å². The van der Waals surface area contributed by atoms with E-state index in [0.717, 1.165) is 46.2 Å². The summed E-state index contributed by atoms with van der Waals surface area (Å²) >= 11 is 16.3. The van der Waals surface area contributed by atoms with Gasteiger partial charge in [0.2, 0.25) is 5.89 Å². The minimum absolute atomic E-state index is 0.0769. The Kier molecular flexibility index (Phi) is 6.58. The summed E-state index contributed by atoms with van der Waals surface area (Å²) in [5.41, 5.74) is 4.33. The molecular formula is C26H25BrCl2N4O. The molecule has 34 heavy (non-hydrogen) atoms. The maximum atomic E-state index is 6.62. The smallest absolute Gasteiger partial charge is 0.268 e. The Morgan fingerprint density at radius 1 is 1.03 bits per heavy atom. The number of hydrogen-bond acceptors (Lipinski definition) is 4. The first kappa shape index (κ1) is 23.6. The molecule has 8 heteroatoms. The zero-order valence-corrected chi connectivity index (χ0v) is 22.2. The molecule has 5 nitrogen and oxygen atoms in total. The van der Waals surface area contributed by atoms with Crippen molar-refractivity contribution in [2.75, 3.05) is 0 Å². The van der Waals surface area contributed by atoms with Crippen LogP contribution in [0.2, 0.25) is 10.0 Å². The summed E-state index contributed by atoms with van der Waals surface area (Å²) in [5.74, 6) is 1.15. The van der Waals surface area contributed by atoms with Crippen LogP contribution in [0.25, 0.3) is 28.5 Å². The van der Waals surface area contributed by atoms with Crippen molar-refractivity contribution in [3.63, 3.8) is 0 Å².